The Morgan fingerprint density at radius 2 is 1.69 bits per heavy atom. The zero-order valence-electron chi connectivity index (χ0n) is 15.9. The summed E-state index contributed by atoms with van der Waals surface area (Å²) in [7, 11) is 0. The van der Waals surface area contributed by atoms with Crippen LogP contribution in [-0.4, -0.2) is 53.2 Å². The van der Waals surface area contributed by atoms with E-state index >= 15 is 0 Å². The Labute approximate surface area is 168 Å². The smallest absolute Gasteiger partial charge is 0.262 e. The van der Waals surface area contributed by atoms with Crippen molar-refractivity contribution < 1.29 is 18.8 Å². The van der Waals surface area contributed by atoms with E-state index in [1.165, 1.54) is 6.07 Å². The maximum Gasteiger partial charge on any atom is 0.262 e. The second kappa shape index (κ2) is 8.13. The van der Waals surface area contributed by atoms with Crippen LogP contribution in [0.5, 0.6) is 0 Å². The lowest BCUT2D eigenvalue weighted by Crippen LogP contribution is -2.50. The first-order valence-corrected chi connectivity index (χ1v) is 9.73. The number of rotatable bonds is 5. The van der Waals surface area contributed by atoms with Crippen LogP contribution in [0, 0.1) is 5.82 Å². The average Bonchev–Trinajstić information content (AvgIpc) is 2.95. The second-order valence-electron chi connectivity index (χ2n) is 7.48. The summed E-state index contributed by atoms with van der Waals surface area (Å²) in [6.07, 6.45) is 1.69. The lowest BCUT2D eigenvalue weighted by atomic mass is 10.0. The first-order valence-electron chi connectivity index (χ1n) is 9.73. The number of carbonyl (C=O) groups excluding carboxylic acids is 3. The maximum atomic E-state index is 13.9. The van der Waals surface area contributed by atoms with Gasteiger partial charge in [0.05, 0.1) is 11.1 Å². The molecule has 1 N–H and O–H groups in total. The van der Waals surface area contributed by atoms with Gasteiger partial charge in [-0.2, -0.15) is 0 Å². The molecule has 0 aliphatic carbocycles. The van der Waals surface area contributed by atoms with Gasteiger partial charge in [-0.3, -0.25) is 24.2 Å². The Morgan fingerprint density at radius 1 is 1.03 bits per heavy atom. The Bertz CT molecular complexity index is 927. The number of piperidine rings is 1. The number of nitrogens with one attached hydrogen (secondary N) is 1. The Kier molecular flexibility index (Phi) is 5.40. The molecule has 7 heteroatoms. The topological polar surface area (TPSA) is 69.7 Å². The first-order chi connectivity index (χ1) is 14.0. The number of likely N-dealkylation sites (tertiary alicyclic amines) is 1. The fraction of sp³-hybridized carbons (Fsp3) is 0.318. The van der Waals surface area contributed by atoms with Crippen LogP contribution < -0.4 is 5.32 Å². The van der Waals surface area contributed by atoms with Crippen LogP contribution in [0.25, 0.3) is 0 Å². The first kappa shape index (κ1) is 19.3. The predicted molar refractivity (Wildman–Crippen MR) is 105 cm³/mol. The average molecular weight is 395 g/mol. The molecule has 1 unspecified atom stereocenters. The standard InChI is InChI=1S/C22H22FN3O3/c23-19-10-4-1-6-15(19)12-25-11-5-7-16(13-25)24-20(27)14-26-21(28)17-8-2-3-9-18(17)22(26)29/h1-4,6,8-10,16H,5,7,11-14H2,(H,24,27). The number of carbonyl (C=O) groups is 3. The number of nitrogens with zero attached hydrogens (tertiary/aromatic N) is 2. The van der Waals surface area contributed by atoms with Crippen molar-refractivity contribution in [3.63, 3.8) is 0 Å². The van der Waals surface area contributed by atoms with Crippen molar-refractivity contribution in [1.82, 2.24) is 15.1 Å². The summed E-state index contributed by atoms with van der Waals surface area (Å²) >= 11 is 0. The summed E-state index contributed by atoms with van der Waals surface area (Å²) in [6.45, 7) is 1.62. The SMILES string of the molecule is O=C(CN1C(=O)c2ccccc2C1=O)NC1CCCN(Cc2ccccc2F)C1. The molecule has 2 aromatic carbocycles. The molecule has 4 rings (SSSR count). The maximum absolute atomic E-state index is 13.9. The van der Waals surface area contributed by atoms with Crippen LogP contribution in [0.1, 0.15) is 39.1 Å². The summed E-state index contributed by atoms with van der Waals surface area (Å²) in [5.41, 5.74) is 1.29. The minimum Gasteiger partial charge on any atom is -0.351 e. The van der Waals surface area contributed by atoms with Crippen LogP contribution >= 0.6 is 0 Å². The van der Waals surface area contributed by atoms with E-state index in [-0.39, 0.29) is 24.3 Å². The van der Waals surface area contributed by atoms with E-state index in [0.29, 0.717) is 29.8 Å². The summed E-state index contributed by atoms with van der Waals surface area (Å²) in [4.78, 5) is 40.4. The summed E-state index contributed by atoms with van der Waals surface area (Å²) in [5, 5.41) is 2.92. The van der Waals surface area contributed by atoms with Gasteiger partial charge in [0.2, 0.25) is 5.91 Å². The van der Waals surface area contributed by atoms with Gasteiger partial charge in [-0.15, -0.1) is 0 Å². The molecule has 2 aromatic rings. The molecule has 0 radical (unpaired) electrons. The largest absolute Gasteiger partial charge is 0.351 e. The number of hydrogen-bond acceptors (Lipinski definition) is 4. The van der Waals surface area contributed by atoms with Crippen molar-refractivity contribution in [2.24, 2.45) is 0 Å². The van der Waals surface area contributed by atoms with Crippen molar-refractivity contribution in [2.75, 3.05) is 19.6 Å². The quantitative estimate of drug-likeness (QED) is 0.788. The van der Waals surface area contributed by atoms with Gasteiger partial charge in [0.1, 0.15) is 12.4 Å². The molecule has 1 saturated heterocycles. The molecule has 0 aromatic heterocycles. The highest BCUT2D eigenvalue weighted by Crippen LogP contribution is 2.22. The molecule has 1 atom stereocenters. The van der Waals surface area contributed by atoms with Crippen molar-refractivity contribution in [3.8, 4) is 0 Å². The number of fused-ring (bicyclic) bond motifs is 1. The molecular weight excluding hydrogens is 373 g/mol. The molecule has 29 heavy (non-hydrogen) atoms. The molecule has 3 amide bonds. The fourth-order valence-corrected chi connectivity index (χ4v) is 3.98. The molecule has 0 saturated carbocycles. The molecule has 6 nitrogen and oxygen atoms in total. The third-order valence-electron chi connectivity index (χ3n) is 5.40. The third-order valence-corrected chi connectivity index (χ3v) is 5.40. The molecule has 150 valence electrons. The summed E-state index contributed by atoms with van der Waals surface area (Å²) < 4.78 is 13.9. The van der Waals surface area contributed by atoms with Gasteiger partial charge in [0.25, 0.3) is 11.8 Å². The van der Waals surface area contributed by atoms with Gasteiger partial charge < -0.3 is 5.32 Å². The van der Waals surface area contributed by atoms with E-state index in [1.54, 1.807) is 36.4 Å². The van der Waals surface area contributed by atoms with E-state index in [0.717, 1.165) is 24.3 Å². The van der Waals surface area contributed by atoms with Gasteiger partial charge in [0, 0.05) is 24.7 Å². The second-order valence-corrected chi connectivity index (χ2v) is 7.48. The van der Waals surface area contributed by atoms with Gasteiger partial charge in [-0.25, -0.2) is 4.39 Å². The Morgan fingerprint density at radius 3 is 2.38 bits per heavy atom. The number of amides is 3. The van der Waals surface area contributed by atoms with Crippen LogP contribution in [0.2, 0.25) is 0 Å². The number of benzene rings is 2. The van der Waals surface area contributed by atoms with Crippen LogP contribution in [-0.2, 0) is 11.3 Å². The van der Waals surface area contributed by atoms with E-state index in [1.807, 2.05) is 6.07 Å². The molecule has 0 bridgehead atoms. The number of imide groups is 1. The molecule has 0 spiro atoms. The van der Waals surface area contributed by atoms with Crippen LogP contribution in [0.4, 0.5) is 4.39 Å². The molecule has 1 fully saturated rings. The molecule has 2 aliphatic rings. The highest BCUT2D eigenvalue weighted by molar-refractivity contribution is 6.22. The lowest BCUT2D eigenvalue weighted by molar-refractivity contribution is -0.122. The Hall–Kier alpha value is -3.06. The fourth-order valence-electron chi connectivity index (χ4n) is 3.98. The summed E-state index contributed by atoms with van der Waals surface area (Å²) in [5.74, 6) is -1.47. The Balaban J connectivity index is 1.34. The van der Waals surface area contributed by atoms with E-state index < -0.39 is 11.8 Å². The van der Waals surface area contributed by atoms with Crippen LogP contribution in [0.3, 0.4) is 0 Å². The zero-order valence-corrected chi connectivity index (χ0v) is 15.9. The monoisotopic (exact) mass is 395 g/mol. The van der Waals surface area contributed by atoms with Gasteiger partial charge in [-0.1, -0.05) is 30.3 Å². The normalized spacial score (nSPS) is 19.3. The number of halogens is 1. The van der Waals surface area contributed by atoms with E-state index in [2.05, 4.69) is 10.2 Å². The van der Waals surface area contributed by atoms with Crippen molar-refractivity contribution in [1.29, 1.82) is 0 Å². The number of hydrogen-bond donors (Lipinski definition) is 1. The summed E-state index contributed by atoms with van der Waals surface area (Å²) in [6, 6.07) is 13.2. The highest BCUT2D eigenvalue weighted by atomic mass is 19.1. The molecule has 2 aliphatic heterocycles. The lowest BCUT2D eigenvalue weighted by Gasteiger charge is -2.33. The molecule has 2 heterocycles. The predicted octanol–water partition coefficient (Wildman–Crippen LogP) is 2.20. The van der Waals surface area contributed by atoms with E-state index in [9.17, 15) is 18.8 Å². The van der Waals surface area contributed by atoms with Gasteiger partial charge in [0.15, 0.2) is 0 Å². The zero-order chi connectivity index (χ0) is 20.4. The van der Waals surface area contributed by atoms with Gasteiger partial charge >= 0.3 is 0 Å². The van der Waals surface area contributed by atoms with Crippen molar-refractivity contribution >= 4 is 17.7 Å². The van der Waals surface area contributed by atoms with E-state index in [4.69, 9.17) is 0 Å². The third kappa shape index (κ3) is 4.05. The minimum absolute atomic E-state index is 0.0989. The highest BCUT2D eigenvalue weighted by Gasteiger charge is 2.36. The minimum atomic E-state index is -0.439. The van der Waals surface area contributed by atoms with Crippen molar-refractivity contribution in [3.05, 3.63) is 71.0 Å². The van der Waals surface area contributed by atoms with Gasteiger partial charge in [-0.05, 0) is 37.6 Å². The van der Waals surface area contributed by atoms with Crippen molar-refractivity contribution in [2.45, 2.75) is 25.4 Å². The molecular formula is C22H22FN3O3. The van der Waals surface area contributed by atoms with Crippen LogP contribution in [0.15, 0.2) is 48.5 Å².